The number of hydrogen-bond acceptors (Lipinski definition) is 12. The third-order valence-electron chi connectivity index (χ3n) is 7.09. The second-order valence-corrected chi connectivity index (χ2v) is 9.96. The molecule has 42 heavy (non-hydrogen) atoms. The zero-order valence-electron chi connectivity index (χ0n) is 22.1. The summed E-state index contributed by atoms with van der Waals surface area (Å²) in [6.45, 7) is -0.689. The van der Waals surface area contributed by atoms with Gasteiger partial charge in [0.2, 0.25) is 0 Å². The molecule has 222 valence electrons. The van der Waals surface area contributed by atoms with Gasteiger partial charge in [-0.2, -0.15) is 0 Å². The van der Waals surface area contributed by atoms with E-state index in [9.17, 15) is 40.5 Å². The second kappa shape index (κ2) is 12.3. The second-order valence-electron chi connectivity index (χ2n) is 9.96. The highest BCUT2D eigenvalue weighted by Crippen LogP contribution is 2.44. The highest BCUT2D eigenvalue weighted by Gasteiger charge is 2.49. The highest BCUT2D eigenvalue weighted by molar-refractivity contribution is 5.87. The van der Waals surface area contributed by atoms with Crippen LogP contribution in [-0.2, 0) is 25.4 Å². The van der Waals surface area contributed by atoms with Gasteiger partial charge < -0.3 is 54.7 Å². The molecule has 5 rings (SSSR count). The Morgan fingerprint density at radius 2 is 1.69 bits per heavy atom. The van der Waals surface area contributed by atoms with E-state index in [1.807, 2.05) is 6.07 Å². The lowest BCUT2D eigenvalue weighted by Crippen LogP contribution is -2.61. The molecule has 0 aliphatic carbocycles. The molecule has 0 bridgehead atoms. The van der Waals surface area contributed by atoms with Crippen molar-refractivity contribution in [2.75, 3.05) is 6.61 Å². The minimum atomic E-state index is -1.71. The fourth-order valence-electron chi connectivity index (χ4n) is 4.93. The number of ether oxygens (including phenoxy) is 4. The molecule has 12 nitrogen and oxygen atoms in total. The Morgan fingerprint density at radius 3 is 2.40 bits per heavy atom. The van der Waals surface area contributed by atoms with Crippen molar-refractivity contribution in [1.82, 2.24) is 0 Å². The average molecular weight is 583 g/mol. The molecule has 0 amide bonds. The first kappa shape index (κ1) is 29.2. The summed E-state index contributed by atoms with van der Waals surface area (Å²) in [7, 11) is 0. The molecule has 1 saturated heterocycles. The Hall–Kier alpha value is -4.33. The molecule has 12 heteroatoms. The van der Waals surface area contributed by atoms with E-state index in [4.69, 9.17) is 18.9 Å². The molecule has 0 aromatic heterocycles. The SMILES string of the molecule is O=C(/C=C/c1ccccc1)O[C@H]1[C@H](OC2Cc3c(O)cc(O)cc3OC2c2ccc(O)c(O)c2)O[C@H](CO)[C@@H](O)[C@H]1O. The van der Waals surface area contributed by atoms with Crippen LogP contribution < -0.4 is 4.74 Å². The number of carbonyl (C=O) groups excluding carboxylic acids is 1. The van der Waals surface area contributed by atoms with Crippen LogP contribution in [0.5, 0.6) is 28.7 Å². The van der Waals surface area contributed by atoms with Gasteiger partial charge in [0.25, 0.3) is 0 Å². The van der Waals surface area contributed by atoms with E-state index < -0.39 is 61.2 Å². The van der Waals surface area contributed by atoms with Gasteiger partial charge in [-0.1, -0.05) is 36.4 Å². The number of benzene rings is 3. The first-order chi connectivity index (χ1) is 20.1. The highest BCUT2D eigenvalue weighted by atomic mass is 16.7. The smallest absolute Gasteiger partial charge is 0.331 e. The van der Waals surface area contributed by atoms with Crippen molar-refractivity contribution in [3.05, 3.63) is 83.4 Å². The molecule has 7 atom stereocenters. The van der Waals surface area contributed by atoms with Crippen LogP contribution in [0.4, 0.5) is 0 Å². The molecular weight excluding hydrogens is 552 g/mol. The summed E-state index contributed by atoms with van der Waals surface area (Å²) >= 11 is 0. The zero-order valence-corrected chi connectivity index (χ0v) is 22.1. The first-order valence-electron chi connectivity index (χ1n) is 13.1. The van der Waals surface area contributed by atoms with E-state index in [1.54, 1.807) is 24.3 Å². The van der Waals surface area contributed by atoms with Crippen LogP contribution in [0.1, 0.15) is 22.8 Å². The van der Waals surface area contributed by atoms with Crippen LogP contribution in [0, 0.1) is 0 Å². The number of fused-ring (bicyclic) bond motifs is 1. The van der Waals surface area contributed by atoms with Crippen LogP contribution in [0.15, 0.2) is 66.7 Å². The number of hydrogen-bond donors (Lipinski definition) is 7. The summed E-state index contributed by atoms with van der Waals surface area (Å²) in [5, 5.41) is 71.5. The normalized spacial score (nSPS) is 27.3. The van der Waals surface area contributed by atoms with Crippen molar-refractivity contribution in [3.8, 4) is 28.7 Å². The molecule has 1 fully saturated rings. The lowest BCUT2D eigenvalue weighted by Gasteiger charge is -2.44. The molecule has 2 aliphatic heterocycles. The predicted molar refractivity (Wildman–Crippen MR) is 145 cm³/mol. The maximum Gasteiger partial charge on any atom is 0.331 e. The van der Waals surface area contributed by atoms with Crippen LogP contribution in [-0.4, -0.2) is 85.1 Å². The summed E-state index contributed by atoms with van der Waals surface area (Å²) in [4.78, 5) is 12.7. The number of aliphatic hydroxyl groups excluding tert-OH is 3. The van der Waals surface area contributed by atoms with E-state index in [-0.39, 0.29) is 35.0 Å². The van der Waals surface area contributed by atoms with Gasteiger partial charge in [-0.3, -0.25) is 0 Å². The molecular formula is C30H30O12. The summed E-state index contributed by atoms with van der Waals surface area (Å²) in [6.07, 6.45) is -7.18. The van der Waals surface area contributed by atoms with Crippen molar-refractivity contribution in [2.24, 2.45) is 0 Å². The van der Waals surface area contributed by atoms with Gasteiger partial charge in [0.15, 0.2) is 30.0 Å². The van der Waals surface area contributed by atoms with Crippen molar-refractivity contribution in [2.45, 2.75) is 49.3 Å². The van der Waals surface area contributed by atoms with Crippen molar-refractivity contribution >= 4 is 12.0 Å². The number of aliphatic hydroxyl groups is 3. The van der Waals surface area contributed by atoms with E-state index >= 15 is 0 Å². The molecule has 0 spiro atoms. The Kier molecular flexibility index (Phi) is 8.52. The fourth-order valence-corrected chi connectivity index (χ4v) is 4.93. The van der Waals surface area contributed by atoms with E-state index in [2.05, 4.69) is 0 Å². The van der Waals surface area contributed by atoms with Crippen molar-refractivity contribution < 1.29 is 59.5 Å². The Labute approximate surface area is 239 Å². The number of rotatable bonds is 7. The topological polar surface area (TPSA) is 196 Å². The first-order valence-corrected chi connectivity index (χ1v) is 13.1. The molecule has 2 heterocycles. The van der Waals surface area contributed by atoms with E-state index in [0.717, 1.165) is 12.1 Å². The standard InChI is InChI=1S/C30H30O12/c31-14-24-26(37)27(38)29(42-25(36)9-6-15-4-2-1-3-5-15)30(41-24)40-23-13-18-20(34)11-17(32)12-22(18)39-28(23)16-7-8-19(33)21(35)10-16/h1-12,23-24,26-35,37-38H,13-14H2/b9-6+/t23?,24-,26-,27-,28?,29-,30-/m1/s1. The van der Waals surface area contributed by atoms with E-state index in [1.165, 1.54) is 30.3 Å². The zero-order chi connectivity index (χ0) is 30.0. The molecule has 3 aromatic carbocycles. The van der Waals surface area contributed by atoms with Crippen LogP contribution in [0.2, 0.25) is 0 Å². The molecule has 0 radical (unpaired) electrons. The van der Waals surface area contributed by atoms with Crippen LogP contribution >= 0.6 is 0 Å². The summed E-state index contributed by atoms with van der Waals surface area (Å²) < 4.78 is 23.4. The van der Waals surface area contributed by atoms with Crippen LogP contribution in [0.3, 0.4) is 0 Å². The van der Waals surface area contributed by atoms with Gasteiger partial charge in [-0.15, -0.1) is 0 Å². The molecule has 2 aliphatic rings. The summed E-state index contributed by atoms with van der Waals surface area (Å²) in [5.41, 5.74) is 1.32. The van der Waals surface area contributed by atoms with Crippen molar-refractivity contribution in [1.29, 1.82) is 0 Å². The minimum absolute atomic E-state index is 0.0371. The third kappa shape index (κ3) is 6.12. The fraction of sp³-hybridized carbons (Fsp3) is 0.300. The van der Waals surface area contributed by atoms with Gasteiger partial charge in [-0.25, -0.2) is 4.79 Å². The Morgan fingerprint density at radius 1 is 0.929 bits per heavy atom. The lowest BCUT2D eigenvalue weighted by molar-refractivity contribution is -0.318. The van der Waals surface area contributed by atoms with Gasteiger partial charge in [0.1, 0.15) is 41.7 Å². The maximum absolute atomic E-state index is 12.7. The molecule has 0 saturated carbocycles. The van der Waals surface area contributed by atoms with Gasteiger partial charge in [0.05, 0.1) is 6.61 Å². The molecule has 2 unspecified atom stereocenters. The maximum atomic E-state index is 12.7. The van der Waals surface area contributed by atoms with E-state index in [0.29, 0.717) is 11.1 Å². The van der Waals surface area contributed by atoms with Crippen molar-refractivity contribution in [3.63, 3.8) is 0 Å². The Bertz CT molecular complexity index is 1440. The minimum Gasteiger partial charge on any atom is -0.508 e. The van der Waals surface area contributed by atoms with Gasteiger partial charge in [0, 0.05) is 30.2 Å². The number of phenols is 4. The largest absolute Gasteiger partial charge is 0.508 e. The third-order valence-corrected chi connectivity index (χ3v) is 7.09. The average Bonchev–Trinajstić information content (AvgIpc) is 2.97. The molecule has 3 aromatic rings. The number of phenolic OH excluding ortho intramolecular Hbond substituents is 4. The monoisotopic (exact) mass is 582 g/mol. The predicted octanol–water partition coefficient (Wildman–Crippen LogP) is 1.63. The Balaban J connectivity index is 1.45. The summed E-state index contributed by atoms with van der Waals surface area (Å²) in [6, 6.07) is 15.3. The summed E-state index contributed by atoms with van der Waals surface area (Å²) in [5.74, 6) is -2.10. The number of aromatic hydroxyl groups is 4. The van der Waals surface area contributed by atoms with Gasteiger partial charge >= 0.3 is 5.97 Å². The lowest BCUT2D eigenvalue weighted by atomic mass is 9.93. The van der Waals surface area contributed by atoms with Crippen LogP contribution in [0.25, 0.3) is 6.08 Å². The quantitative estimate of drug-likeness (QED) is 0.121. The number of carbonyl (C=O) groups is 1. The number of esters is 1. The molecule has 7 N–H and O–H groups in total. The van der Waals surface area contributed by atoms with Gasteiger partial charge in [-0.05, 0) is 29.3 Å².